The Balaban J connectivity index is 1.12. The average Bonchev–Trinajstić information content (AvgIpc) is 3.61. The van der Waals surface area contributed by atoms with Gasteiger partial charge in [-0.15, -0.1) is 30.0 Å². The summed E-state index contributed by atoms with van der Waals surface area (Å²) in [4.78, 5) is 20.0. The van der Waals surface area contributed by atoms with Gasteiger partial charge in [0.1, 0.15) is 17.9 Å². The zero-order chi connectivity index (χ0) is 32.6. The molecule has 2 unspecified atom stereocenters. The van der Waals surface area contributed by atoms with Crippen LogP contribution in [0.5, 0.6) is 5.75 Å². The van der Waals surface area contributed by atoms with Crippen molar-refractivity contribution in [1.29, 1.82) is 0 Å². The highest BCUT2D eigenvalue weighted by Gasteiger charge is 2.46. The summed E-state index contributed by atoms with van der Waals surface area (Å²) in [5.74, 6) is 0.874. The van der Waals surface area contributed by atoms with Gasteiger partial charge in [0, 0.05) is 17.3 Å². The van der Waals surface area contributed by atoms with E-state index >= 15 is 0 Å². The molecule has 242 valence electrons. The number of thioether (sulfide) groups is 1. The van der Waals surface area contributed by atoms with Crippen LogP contribution in [-0.4, -0.2) is 44.5 Å². The summed E-state index contributed by atoms with van der Waals surface area (Å²) in [5.41, 5.74) is 3.30. The lowest BCUT2D eigenvalue weighted by Gasteiger charge is -2.43. The zero-order valence-electron chi connectivity index (χ0n) is 25.5. The van der Waals surface area contributed by atoms with E-state index in [2.05, 4.69) is 37.3 Å². The van der Waals surface area contributed by atoms with Crippen molar-refractivity contribution < 1.29 is 27.1 Å². The number of ether oxygens (including phenoxy) is 1. The second-order valence-corrected chi connectivity index (χ2v) is 13.1. The van der Waals surface area contributed by atoms with Gasteiger partial charge < -0.3 is 20.3 Å². The number of halogens is 4. The summed E-state index contributed by atoms with van der Waals surface area (Å²) < 4.78 is 56.9. The number of alkyl halides is 3. The molecule has 2 amide bonds. The molecule has 1 saturated heterocycles. The van der Waals surface area contributed by atoms with Crippen LogP contribution in [0.4, 0.5) is 28.0 Å². The summed E-state index contributed by atoms with van der Waals surface area (Å²) in [6, 6.07) is 17.8. The Morgan fingerprint density at radius 3 is 2.43 bits per heavy atom. The van der Waals surface area contributed by atoms with E-state index in [-0.39, 0.29) is 35.1 Å². The minimum absolute atomic E-state index is 0.120. The quantitative estimate of drug-likeness (QED) is 0.190. The van der Waals surface area contributed by atoms with E-state index in [4.69, 9.17) is 0 Å². The van der Waals surface area contributed by atoms with Gasteiger partial charge in [0.25, 0.3) is 0 Å². The molecule has 46 heavy (non-hydrogen) atoms. The molecule has 1 saturated carbocycles. The molecular formula is C33H34F4N6O2S. The number of anilines is 1. The van der Waals surface area contributed by atoms with Crippen molar-refractivity contribution in [3.63, 3.8) is 0 Å². The van der Waals surface area contributed by atoms with Gasteiger partial charge in [0.15, 0.2) is 11.3 Å². The molecule has 3 aromatic carbocycles. The van der Waals surface area contributed by atoms with E-state index in [0.29, 0.717) is 11.5 Å². The van der Waals surface area contributed by atoms with Crippen molar-refractivity contribution in [2.24, 2.45) is 0 Å². The molecule has 0 spiro atoms. The molecule has 2 heterocycles. The number of amides is 2. The van der Waals surface area contributed by atoms with E-state index in [1.807, 2.05) is 44.2 Å². The Hall–Kier alpha value is -4.26. The van der Waals surface area contributed by atoms with Crippen molar-refractivity contribution in [1.82, 2.24) is 25.4 Å². The molecule has 2 fully saturated rings. The molecule has 0 radical (unpaired) electrons. The molecule has 1 aromatic heterocycles. The molecule has 8 nitrogen and oxygen atoms in total. The van der Waals surface area contributed by atoms with E-state index in [9.17, 15) is 22.4 Å². The minimum atomic E-state index is -4.76. The lowest BCUT2D eigenvalue weighted by Crippen LogP contribution is -2.56. The fourth-order valence-electron chi connectivity index (χ4n) is 5.73. The number of aromatic nitrogens is 3. The zero-order valence-corrected chi connectivity index (χ0v) is 26.3. The second-order valence-electron chi connectivity index (χ2n) is 11.9. The SMILES string of the molecule is CC(C)c1cc(F)ccc1N1C(C)CCSC1NC(=O)NC1(c2ccc(-c3ncn(-c4ccc(OC(F)(F)F)cc4)n3)cc2)CC1. The Bertz CT molecular complexity index is 1690. The number of hydrogen-bond donors (Lipinski definition) is 2. The van der Waals surface area contributed by atoms with Crippen LogP contribution in [0.2, 0.25) is 0 Å². The minimum Gasteiger partial charge on any atom is -0.406 e. The lowest BCUT2D eigenvalue weighted by molar-refractivity contribution is -0.274. The first kappa shape index (κ1) is 31.7. The largest absolute Gasteiger partial charge is 0.573 e. The summed E-state index contributed by atoms with van der Waals surface area (Å²) >= 11 is 1.66. The van der Waals surface area contributed by atoms with Crippen molar-refractivity contribution >= 4 is 23.5 Å². The first-order valence-corrected chi connectivity index (χ1v) is 16.1. The van der Waals surface area contributed by atoms with Crippen molar-refractivity contribution in [2.75, 3.05) is 10.7 Å². The first-order chi connectivity index (χ1) is 21.9. The van der Waals surface area contributed by atoms with Crippen molar-refractivity contribution in [3.05, 3.63) is 90.0 Å². The number of benzene rings is 3. The van der Waals surface area contributed by atoms with Gasteiger partial charge in [0.2, 0.25) is 0 Å². The smallest absolute Gasteiger partial charge is 0.406 e. The van der Waals surface area contributed by atoms with Crippen LogP contribution >= 0.6 is 11.8 Å². The van der Waals surface area contributed by atoms with Crippen LogP contribution in [0, 0.1) is 5.82 Å². The van der Waals surface area contributed by atoms with E-state index < -0.39 is 11.9 Å². The highest BCUT2D eigenvalue weighted by atomic mass is 32.2. The third-order valence-corrected chi connectivity index (χ3v) is 9.44. The fourth-order valence-corrected chi connectivity index (χ4v) is 7.11. The van der Waals surface area contributed by atoms with Gasteiger partial charge in [-0.2, -0.15) is 0 Å². The molecule has 2 N–H and O–H groups in total. The Labute approximate surface area is 268 Å². The fraction of sp³-hybridized carbons (Fsp3) is 0.364. The normalized spacial score (nSPS) is 19.2. The summed E-state index contributed by atoms with van der Waals surface area (Å²) in [5, 5.41) is 10.8. The third-order valence-electron chi connectivity index (χ3n) is 8.31. The van der Waals surface area contributed by atoms with E-state index in [1.54, 1.807) is 17.8 Å². The predicted molar refractivity (Wildman–Crippen MR) is 169 cm³/mol. The standard InChI is InChI=1S/C33H34F4N6O2S/c1-20(2)27-18-24(34)8-13-28(27)43-21(3)14-17-46-31(43)39-30(44)40-32(15-16-32)23-6-4-22(5-7-23)29-38-19-42(41-29)25-9-11-26(12-10-25)45-33(35,36)37/h4-13,18-21,31H,14-17H2,1-3H3,(H2,39,40,44). The van der Waals surface area contributed by atoms with Crippen LogP contribution in [0.25, 0.3) is 17.1 Å². The number of rotatable bonds is 8. The Morgan fingerprint density at radius 2 is 1.78 bits per heavy atom. The summed E-state index contributed by atoms with van der Waals surface area (Å²) in [6.07, 6.45) is -0.724. The number of nitrogens with one attached hydrogen (secondary N) is 2. The van der Waals surface area contributed by atoms with Crippen LogP contribution in [0.15, 0.2) is 73.1 Å². The number of hydrogen-bond acceptors (Lipinski definition) is 6. The molecule has 0 bridgehead atoms. The van der Waals surface area contributed by atoms with Gasteiger partial charge in [-0.05, 0) is 91.4 Å². The van der Waals surface area contributed by atoms with Gasteiger partial charge in [-0.1, -0.05) is 38.1 Å². The molecule has 6 rings (SSSR count). The highest BCUT2D eigenvalue weighted by Crippen LogP contribution is 2.46. The van der Waals surface area contributed by atoms with Gasteiger partial charge >= 0.3 is 12.4 Å². The maximum Gasteiger partial charge on any atom is 0.573 e. The third kappa shape index (κ3) is 6.93. The van der Waals surface area contributed by atoms with Gasteiger partial charge in [-0.25, -0.2) is 18.9 Å². The molecular weight excluding hydrogens is 620 g/mol. The Morgan fingerprint density at radius 1 is 1.07 bits per heavy atom. The molecule has 2 atom stereocenters. The number of nitrogens with zero attached hydrogens (tertiary/aromatic N) is 4. The Kier molecular flexibility index (Phi) is 8.62. The van der Waals surface area contributed by atoms with Crippen LogP contribution in [0.1, 0.15) is 57.1 Å². The first-order valence-electron chi connectivity index (χ1n) is 15.1. The van der Waals surface area contributed by atoms with Crippen molar-refractivity contribution in [3.8, 4) is 22.8 Å². The number of carbonyl (C=O) groups is 1. The predicted octanol–water partition coefficient (Wildman–Crippen LogP) is 7.70. The van der Waals surface area contributed by atoms with Crippen LogP contribution in [-0.2, 0) is 5.54 Å². The van der Waals surface area contributed by atoms with E-state index in [1.165, 1.54) is 41.3 Å². The van der Waals surface area contributed by atoms with E-state index in [0.717, 1.165) is 47.4 Å². The number of urea groups is 1. The topological polar surface area (TPSA) is 84.3 Å². The molecule has 4 aromatic rings. The molecule has 1 aliphatic heterocycles. The number of carbonyl (C=O) groups excluding carboxylic acids is 1. The van der Waals surface area contributed by atoms with Gasteiger partial charge in [0.05, 0.1) is 11.2 Å². The monoisotopic (exact) mass is 654 g/mol. The maximum atomic E-state index is 14.1. The lowest BCUT2D eigenvalue weighted by atomic mass is 9.99. The molecule has 13 heteroatoms. The average molecular weight is 655 g/mol. The molecule has 2 aliphatic rings. The van der Waals surface area contributed by atoms with Crippen LogP contribution < -0.4 is 20.3 Å². The highest BCUT2D eigenvalue weighted by molar-refractivity contribution is 8.00. The van der Waals surface area contributed by atoms with Crippen molar-refractivity contribution in [2.45, 2.75) is 69.4 Å². The maximum absolute atomic E-state index is 14.1. The second kappa shape index (κ2) is 12.5. The van der Waals surface area contributed by atoms with Crippen LogP contribution in [0.3, 0.4) is 0 Å². The van der Waals surface area contributed by atoms with Gasteiger partial charge in [-0.3, -0.25) is 0 Å². The molecule has 1 aliphatic carbocycles. The summed E-state index contributed by atoms with van der Waals surface area (Å²) in [7, 11) is 0. The summed E-state index contributed by atoms with van der Waals surface area (Å²) in [6.45, 7) is 6.21.